The Balaban J connectivity index is 1.40. The molecule has 2 amide bonds. The van der Waals surface area contributed by atoms with Gasteiger partial charge in [0.1, 0.15) is 0 Å². The second kappa shape index (κ2) is 8.16. The summed E-state index contributed by atoms with van der Waals surface area (Å²) in [6.45, 7) is 3.08. The molecule has 0 atom stereocenters. The van der Waals surface area contributed by atoms with Crippen LogP contribution in [0.1, 0.15) is 25.7 Å². The number of nitro benzene ring substituents is 1. The van der Waals surface area contributed by atoms with Gasteiger partial charge in [0.25, 0.3) is 5.69 Å². The molecule has 0 spiro atoms. The molecule has 26 heavy (non-hydrogen) atoms. The van der Waals surface area contributed by atoms with Crippen molar-refractivity contribution in [2.45, 2.75) is 25.7 Å². The molecule has 0 unspecified atom stereocenters. The van der Waals surface area contributed by atoms with E-state index in [4.69, 9.17) is 0 Å². The van der Waals surface area contributed by atoms with Crippen LogP contribution in [0.5, 0.6) is 0 Å². The summed E-state index contributed by atoms with van der Waals surface area (Å²) >= 11 is 0. The standard InChI is InChI=1S/C18H24N4O4/c23-17(5-2-8-19-18(24)14-6-7-14)21-11-9-20(10-12-21)15-3-1-4-16(13-15)22(25)26/h1,3-4,13-14H,2,5-12H2,(H,19,24). The van der Waals surface area contributed by atoms with Crippen molar-refractivity contribution in [1.82, 2.24) is 10.2 Å². The van der Waals surface area contributed by atoms with Gasteiger partial charge in [-0.1, -0.05) is 6.07 Å². The first-order valence-electron chi connectivity index (χ1n) is 9.09. The summed E-state index contributed by atoms with van der Waals surface area (Å²) in [4.78, 5) is 38.2. The molecule has 1 aliphatic heterocycles. The minimum absolute atomic E-state index is 0.0780. The van der Waals surface area contributed by atoms with Crippen LogP contribution in [0.2, 0.25) is 0 Å². The van der Waals surface area contributed by atoms with Gasteiger partial charge in [-0.25, -0.2) is 0 Å². The quantitative estimate of drug-likeness (QED) is 0.452. The van der Waals surface area contributed by atoms with Gasteiger partial charge in [0, 0.05) is 62.9 Å². The third kappa shape index (κ3) is 4.71. The van der Waals surface area contributed by atoms with E-state index in [2.05, 4.69) is 10.2 Å². The fraction of sp³-hybridized carbons (Fsp3) is 0.556. The molecule has 1 aliphatic carbocycles. The molecule has 8 nitrogen and oxygen atoms in total. The number of hydrogen-bond donors (Lipinski definition) is 1. The van der Waals surface area contributed by atoms with Crippen molar-refractivity contribution in [3.63, 3.8) is 0 Å². The van der Waals surface area contributed by atoms with Gasteiger partial charge in [-0.05, 0) is 25.3 Å². The molecule has 8 heteroatoms. The maximum absolute atomic E-state index is 12.3. The van der Waals surface area contributed by atoms with Gasteiger partial charge in [-0.3, -0.25) is 19.7 Å². The van der Waals surface area contributed by atoms with Crippen LogP contribution < -0.4 is 10.2 Å². The monoisotopic (exact) mass is 360 g/mol. The third-order valence-corrected chi connectivity index (χ3v) is 4.85. The van der Waals surface area contributed by atoms with Crippen molar-refractivity contribution in [3.8, 4) is 0 Å². The van der Waals surface area contributed by atoms with Crippen LogP contribution in [0.3, 0.4) is 0 Å². The van der Waals surface area contributed by atoms with Gasteiger partial charge in [-0.15, -0.1) is 0 Å². The Morgan fingerprint density at radius 3 is 2.58 bits per heavy atom. The number of nitrogens with one attached hydrogen (secondary N) is 1. The number of anilines is 1. The number of nitrogens with zero attached hydrogens (tertiary/aromatic N) is 3. The number of carbonyl (C=O) groups is 2. The number of carbonyl (C=O) groups excluding carboxylic acids is 2. The molecule has 1 saturated carbocycles. The molecule has 3 rings (SSSR count). The Bertz CT molecular complexity index is 682. The fourth-order valence-corrected chi connectivity index (χ4v) is 3.12. The van der Waals surface area contributed by atoms with Gasteiger partial charge in [0.2, 0.25) is 11.8 Å². The number of hydrogen-bond acceptors (Lipinski definition) is 5. The molecule has 2 fully saturated rings. The number of rotatable bonds is 7. The van der Waals surface area contributed by atoms with E-state index in [0.29, 0.717) is 45.6 Å². The van der Waals surface area contributed by atoms with E-state index in [0.717, 1.165) is 18.5 Å². The summed E-state index contributed by atoms with van der Waals surface area (Å²) in [5, 5.41) is 13.8. The number of benzene rings is 1. The average Bonchev–Trinajstić information content (AvgIpc) is 3.50. The van der Waals surface area contributed by atoms with Crippen LogP contribution in [0.4, 0.5) is 11.4 Å². The summed E-state index contributed by atoms with van der Waals surface area (Å²) < 4.78 is 0. The lowest BCUT2D eigenvalue weighted by atomic mass is 10.2. The fourth-order valence-electron chi connectivity index (χ4n) is 3.12. The zero-order valence-electron chi connectivity index (χ0n) is 14.7. The topological polar surface area (TPSA) is 95.8 Å². The maximum atomic E-state index is 12.3. The largest absolute Gasteiger partial charge is 0.368 e. The van der Waals surface area contributed by atoms with Crippen molar-refractivity contribution in [2.24, 2.45) is 5.92 Å². The second-order valence-electron chi connectivity index (χ2n) is 6.81. The summed E-state index contributed by atoms with van der Waals surface area (Å²) in [6.07, 6.45) is 3.06. The zero-order valence-corrected chi connectivity index (χ0v) is 14.7. The van der Waals surface area contributed by atoms with Crippen LogP contribution in [-0.2, 0) is 9.59 Å². The van der Waals surface area contributed by atoms with Gasteiger partial charge in [0.15, 0.2) is 0 Å². The minimum Gasteiger partial charge on any atom is -0.368 e. The molecule has 1 heterocycles. The molecule has 1 saturated heterocycles. The molecule has 1 aromatic carbocycles. The van der Waals surface area contributed by atoms with Gasteiger partial charge in [-0.2, -0.15) is 0 Å². The predicted molar refractivity (Wildman–Crippen MR) is 96.9 cm³/mol. The Hall–Kier alpha value is -2.64. The number of amides is 2. The summed E-state index contributed by atoms with van der Waals surface area (Å²) in [5.41, 5.74) is 0.892. The van der Waals surface area contributed by atoms with E-state index < -0.39 is 4.92 Å². The Kier molecular flexibility index (Phi) is 5.70. The highest BCUT2D eigenvalue weighted by molar-refractivity contribution is 5.81. The van der Waals surface area contributed by atoms with Crippen LogP contribution in [0, 0.1) is 16.0 Å². The van der Waals surface area contributed by atoms with Gasteiger partial charge in [0.05, 0.1) is 4.92 Å². The minimum atomic E-state index is -0.398. The lowest BCUT2D eigenvalue weighted by Crippen LogP contribution is -2.48. The van der Waals surface area contributed by atoms with Crippen molar-refractivity contribution >= 4 is 23.2 Å². The summed E-state index contributed by atoms with van der Waals surface area (Å²) in [6, 6.07) is 6.58. The molecule has 0 aromatic heterocycles. The van der Waals surface area contributed by atoms with E-state index >= 15 is 0 Å². The first-order chi connectivity index (χ1) is 12.5. The van der Waals surface area contributed by atoms with Crippen molar-refractivity contribution in [3.05, 3.63) is 34.4 Å². The molecule has 1 N–H and O–H groups in total. The Labute approximate surface area is 152 Å². The lowest BCUT2D eigenvalue weighted by molar-refractivity contribution is -0.384. The smallest absolute Gasteiger partial charge is 0.271 e. The van der Waals surface area contributed by atoms with Crippen LogP contribution in [-0.4, -0.2) is 54.4 Å². The van der Waals surface area contributed by atoms with Crippen LogP contribution >= 0.6 is 0 Å². The Morgan fingerprint density at radius 2 is 1.92 bits per heavy atom. The highest BCUT2D eigenvalue weighted by atomic mass is 16.6. The first-order valence-corrected chi connectivity index (χ1v) is 9.09. The summed E-state index contributed by atoms with van der Waals surface area (Å²) in [7, 11) is 0. The number of nitro groups is 1. The SMILES string of the molecule is O=C(NCCCC(=O)N1CCN(c2cccc([N+](=O)[O-])c2)CC1)C1CC1. The van der Waals surface area contributed by atoms with Gasteiger partial charge < -0.3 is 15.1 Å². The molecule has 140 valence electrons. The molecule has 1 aromatic rings. The number of non-ortho nitro benzene ring substituents is 1. The van der Waals surface area contributed by atoms with Gasteiger partial charge >= 0.3 is 0 Å². The van der Waals surface area contributed by atoms with Crippen molar-refractivity contribution in [1.29, 1.82) is 0 Å². The zero-order chi connectivity index (χ0) is 18.5. The van der Waals surface area contributed by atoms with E-state index in [-0.39, 0.29) is 23.4 Å². The van der Waals surface area contributed by atoms with E-state index in [1.165, 1.54) is 6.07 Å². The van der Waals surface area contributed by atoms with E-state index in [1.807, 2.05) is 11.0 Å². The molecular weight excluding hydrogens is 336 g/mol. The second-order valence-corrected chi connectivity index (χ2v) is 6.81. The van der Waals surface area contributed by atoms with Crippen LogP contribution in [0.15, 0.2) is 24.3 Å². The van der Waals surface area contributed by atoms with E-state index in [1.54, 1.807) is 12.1 Å². The highest BCUT2D eigenvalue weighted by Gasteiger charge is 2.29. The lowest BCUT2D eigenvalue weighted by Gasteiger charge is -2.36. The third-order valence-electron chi connectivity index (χ3n) is 4.85. The Morgan fingerprint density at radius 1 is 1.19 bits per heavy atom. The predicted octanol–water partition coefficient (Wildman–Crippen LogP) is 1.55. The van der Waals surface area contributed by atoms with Crippen molar-refractivity contribution < 1.29 is 14.5 Å². The van der Waals surface area contributed by atoms with E-state index in [9.17, 15) is 19.7 Å². The van der Waals surface area contributed by atoms with Crippen LogP contribution in [0.25, 0.3) is 0 Å². The highest BCUT2D eigenvalue weighted by Crippen LogP contribution is 2.28. The maximum Gasteiger partial charge on any atom is 0.271 e. The summed E-state index contributed by atoms with van der Waals surface area (Å²) in [5.74, 6) is 0.417. The molecule has 0 bridgehead atoms. The molecular formula is C18H24N4O4. The molecule has 0 radical (unpaired) electrons. The van der Waals surface area contributed by atoms with Crippen molar-refractivity contribution in [2.75, 3.05) is 37.6 Å². The molecule has 2 aliphatic rings. The first kappa shape index (κ1) is 18.2. The average molecular weight is 360 g/mol. The normalized spacial score (nSPS) is 17.1. The number of piperazine rings is 1.